The smallest absolute Gasteiger partial charge is 0.309 e. The number of hydrogen-bond donors (Lipinski definition) is 1. The van der Waals surface area contributed by atoms with Crippen LogP contribution >= 0.6 is 11.3 Å². The Morgan fingerprint density at radius 1 is 1.44 bits per heavy atom. The topological polar surface area (TPSA) is 37.3 Å². The fourth-order valence-electron chi connectivity index (χ4n) is 1.35. The van der Waals surface area contributed by atoms with Crippen molar-refractivity contribution >= 4 is 17.3 Å². The molecule has 0 saturated carbocycles. The van der Waals surface area contributed by atoms with E-state index in [2.05, 4.69) is 0 Å². The van der Waals surface area contributed by atoms with E-state index in [9.17, 15) is 13.6 Å². The molecular formula is C11H14F2O2S. The van der Waals surface area contributed by atoms with Crippen LogP contribution in [-0.2, 0) is 10.7 Å². The number of carboxylic acid groups (broad SMARTS) is 1. The molecule has 16 heavy (non-hydrogen) atoms. The normalized spacial score (nSPS) is 12.8. The zero-order chi connectivity index (χ0) is 12.6. The third kappa shape index (κ3) is 2.78. The summed E-state index contributed by atoms with van der Waals surface area (Å²) in [5.41, 5.74) is -1.43. The molecule has 0 radical (unpaired) electrons. The van der Waals surface area contributed by atoms with Gasteiger partial charge in [-0.15, -0.1) is 11.3 Å². The minimum absolute atomic E-state index is 0.0701. The van der Waals surface area contributed by atoms with Crippen LogP contribution in [0.3, 0.4) is 0 Å². The highest BCUT2D eigenvalue weighted by Gasteiger charge is 2.43. The molecule has 2 nitrogen and oxygen atoms in total. The first-order valence-electron chi connectivity index (χ1n) is 4.83. The fourth-order valence-corrected chi connectivity index (χ4v) is 2.19. The van der Waals surface area contributed by atoms with Crippen molar-refractivity contribution in [1.29, 1.82) is 0 Å². The molecule has 0 atom stereocenters. The Morgan fingerprint density at radius 3 is 2.38 bits per heavy atom. The van der Waals surface area contributed by atoms with E-state index in [4.69, 9.17) is 5.11 Å². The van der Waals surface area contributed by atoms with Gasteiger partial charge in [-0.1, -0.05) is 0 Å². The minimum Gasteiger partial charge on any atom is -0.481 e. The van der Waals surface area contributed by atoms with Crippen LogP contribution in [0.5, 0.6) is 0 Å². The van der Waals surface area contributed by atoms with Crippen LogP contribution in [0.25, 0.3) is 0 Å². The van der Waals surface area contributed by atoms with Crippen LogP contribution in [0.1, 0.15) is 30.0 Å². The van der Waals surface area contributed by atoms with Crippen LogP contribution in [0.2, 0.25) is 0 Å². The highest BCUT2D eigenvalue weighted by Crippen LogP contribution is 2.42. The molecule has 1 aromatic heterocycles. The van der Waals surface area contributed by atoms with Gasteiger partial charge < -0.3 is 5.11 Å². The van der Waals surface area contributed by atoms with E-state index >= 15 is 0 Å². The first-order valence-corrected chi connectivity index (χ1v) is 5.65. The van der Waals surface area contributed by atoms with E-state index in [1.54, 1.807) is 13.0 Å². The second kappa shape index (κ2) is 4.13. The van der Waals surface area contributed by atoms with Gasteiger partial charge in [-0.25, -0.2) is 8.78 Å². The number of aliphatic carboxylic acids is 1. The first kappa shape index (κ1) is 13.1. The molecule has 0 aliphatic rings. The predicted molar refractivity (Wildman–Crippen MR) is 59.0 cm³/mol. The Labute approximate surface area is 96.9 Å². The van der Waals surface area contributed by atoms with Crippen molar-refractivity contribution in [2.45, 2.75) is 33.1 Å². The van der Waals surface area contributed by atoms with Crippen molar-refractivity contribution in [3.63, 3.8) is 0 Å². The molecule has 1 rings (SSSR count). The molecule has 0 aliphatic carbocycles. The monoisotopic (exact) mass is 248 g/mol. The van der Waals surface area contributed by atoms with Gasteiger partial charge in [-0.2, -0.15) is 0 Å². The Kier molecular flexibility index (Phi) is 3.38. The van der Waals surface area contributed by atoms with E-state index in [0.717, 1.165) is 16.2 Å². The molecule has 1 N–H and O–H groups in total. The summed E-state index contributed by atoms with van der Waals surface area (Å²) in [7, 11) is 0. The fraction of sp³-hybridized carbons (Fsp3) is 0.545. The van der Waals surface area contributed by atoms with Gasteiger partial charge in [-0.3, -0.25) is 4.79 Å². The van der Waals surface area contributed by atoms with Gasteiger partial charge in [0.05, 0.1) is 10.3 Å². The van der Waals surface area contributed by atoms with Gasteiger partial charge in [0.2, 0.25) is 0 Å². The number of hydrogen-bond acceptors (Lipinski definition) is 2. The van der Waals surface area contributed by atoms with Gasteiger partial charge in [-0.05, 0) is 32.9 Å². The lowest BCUT2D eigenvalue weighted by molar-refractivity contribution is -0.153. The first-order chi connectivity index (χ1) is 7.15. The average Bonchev–Trinajstić information content (AvgIpc) is 2.50. The zero-order valence-corrected chi connectivity index (χ0v) is 10.2. The summed E-state index contributed by atoms with van der Waals surface area (Å²) in [4.78, 5) is 11.5. The van der Waals surface area contributed by atoms with Crippen LogP contribution in [0.4, 0.5) is 8.78 Å². The van der Waals surface area contributed by atoms with Crippen molar-refractivity contribution in [3.8, 4) is 0 Å². The molecule has 0 bridgehead atoms. The molecule has 0 unspecified atom stereocenters. The number of aryl methyl sites for hydroxylation is 1. The molecule has 0 spiro atoms. The highest BCUT2D eigenvalue weighted by atomic mass is 32.1. The summed E-state index contributed by atoms with van der Waals surface area (Å²) < 4.78 is 27.5. The molecule has 5 heteroatoms. The summed E-state index contributed by atoms with van der Waals surface area (Å²) in [5.74, 6) is -4.29. The predicted octanol–water partition coefficient (Wildman–Crippen LogP) is 3.65. The molecule has 0 fully saturated rings. The molecule has 1 aromatic rings. The van der Waals surface area contributed by atoms with Gasteiger partial charge >= 0.3 is 5.97 Å². The Hall–Kier alpha value is -0.970. The molecule has 0 aliphatic heterocycles. The standard InChI is InChI=1S/C11H14F2O2S/c1-7-4-5-8(16-7)11(12,13)6-10(2,3)9(14)15/h4-5H,6H2,1-3H3,(H,14,15). The number of alkyl halides is 2. The molecule has 90 valence electrons. The van der Waals surface area contributed by atoms with E-state index in [1.807, 2.05) is 0 Å². The van der Waals surface area contributed by atoms with Crippen LogP contribution < -0.4 is 0 Å². The van der Waals surface area contributed by atoms with Crippen molar-refractivity contribution in [2.24, 2.45) is 5.41 Å². The number of thiophene rings is 1. The second-order valence-electron chi connectivity index (χ2n) is 4.48. The van der Waals surface area contributed by atoms with Crippen molar-refractivity contribution < 1.29 is 18.7 Å². The zero-order valence-electron chi connectivity index (χ0n) is 9.38. The summed E-state index contributed by atoms with van der Waals surface area (Å²) in [6, 6.07) is 2.97. The average molecular weight is 248 g/mol. The Morgan fingerprint density at radius 2 is 2.00 bits per heavy atom. The van der Waals surface area contributed by atoms with Crippen molar-refractivity contribution in [3.05, 3.63) is 21.9 Å². The highest BCUT2D eigenvalue weighted by molar-refractivity contribution is 7.12. The SMILES string of the molecule is Cc1ccc(C(F)(F)CC(C)(C)C(=O)O)s1. The lowest BCUT2D eigenvalue weighted by Gasteiger charge is -2.24. The quantitative estimate of drug-likeness (QED) is 0.883. The summed E-state index contributed by atoms with van der Waals surface area (Å²) >= 11 is 1.00. The maximum absolute atomic E-state index is 13.8. The third-order valence-electron chi connectivity index (χ3n) is 2.34. The van der Waals surface area contributed by atoms with Crippen LogP contribution in [0.15, 0.2) is 12.1 Å². The second-order valence-corrected chi connectivity index (χ2v) is 5.77. The lowest BCUT2D eigenvalue weighted by Crippen LogP contribution is -2.30. The number of carboxylic acids is 1. The van der Waals surface area contributed by atoms with Crippen molar-refractivity contribution in [1.82, 2.24) is 0 Å². The minimum atomic E-state index is -3.08. The van der Waals surface area contributed by atoms with E-state index in [-0.39, 0.29) is 4.88 Å². The molecule has 1 heterocycles. The third-order valence-corrected chi connectivity index (χ3v) is 3.46. The van der Waals surface area contributed by atoms with Gasteiger partial charge in [0.15, 0.2) is 0 Å². The maximum Gasteiger partial charge on any atom is 0.309 e. The maximum atomic E-state index is 13.8. The Balaban J connectivity index is 2.91. The largest absolute Gasteiger partial charge is 0.481 e. The van der Waals surface area contributed by atoms with Crippen molar-refractivity contribution in [2.75, 3.05) is 0 Å². The van der Waals surface area contributed by atoms with Gasteiger partial charge in [0.25, 0.3) is 5.92 Å². The summed E-state index contributed by atoms with van der Waals surface area (Å²) in [6.07, 6.45) is -0.685. The van der Waals surface area contributed by atoms with Gasteiger partial charge in [0, 0.05) is 11.3 Å². The lowest BCUT2D eigenvalue weighted by atomic mass is 9.86. The number of rotatable bonds is 4. The number of carbonyl (C=O) groups is 1. The van der Waals surface area contributed by atoms with Crippen LogP contribution in [0, 0.1) is 12.3 Å². The molecule has 0 aromatic carbocycles. The molecule has 0 saturated heterocycles. The summed E-state index contributed by atoms with van der Waals surface area (Å²) in [6.45, 7) is 4.36. The van der Waals surface area contributed by atoms with Crippen LogP contribution in [-0.4, -0.2) is 11.1 Å². The van der Waals surface area contributed by atoms with E-state index < -0.39 is 23.7 Å². The van der Waals surface area contributed by atoms with E-state index in [1.165, 1.54) is 19.9 Å². The Bertz CT molecular complexity index is 396. The molecular weight excluding hydrogens is 234 g/mol. The van der Waals surface area contributed by atoms with Gasteiger partial charge in [0.1, 0.15) is 0 Å². The number of halogens is 2. The molecule has 0 amide bonds. The summed E-state index contributed by atoms with van der Waals surface area (Å²) in [5, 5.41) is 8.83. The van der Waals surface area contributed by atoms with E-state index in [0.29, 0.717) is 0 Å².